The highest BCUT2D eigenvalue weighted by Crippen LogP contribution is 2.50. The number of hydrogen-bond donors (Lipinski definition) is 0. The summed E-state index contributed by atoms with van der Waals surface area (Å²) in [6.45, 7) is 14.6. The second-order valence-corrected chi connectivity index (χ2v) is 8.57. The normalized spacial score (nSPS) is 23.1. The van der Waals surface area contributed by atoms with E-state index in [0.717, 1.165) is 58.3 Å². The minimum atomic E-state index is -0.155. The molecule has 0 aromatic rings. The summed E-state index contributed by atoms with van der Waals surface area (Å²) in [6.07, 6.45) is 7.71. The van der Waals surface area contributed by atoms with Gasteiger partial charge in [0.2, 0.25) is 6.41 Å². The van der Waals surface area contributed by atoms with E-state index in [1.807, 2.05) is 25.7 Å². The molecule has 1 unspecified atom stereocenters. The Morgan fingerprint density at radius 2 is 1.82 bits per heavy atom. The monoisotopic (exact) mass is 395 g/mol. The Bertz CT molecular complexity index is 491. The van der Waals surface area contributed by atoms with Gasteiger partial charge in [0.25, 0.3) is 0 Å². The summed E-state index contributed by atoms with van der Waals surface area (Å²) in [5.74, 6) is 0. The van der Waals surface area contributed by atoms with E-state index >= 15 is 0 Å². The van der Waals surface area contributed by atoms with Crippen molar-refractivity contribution in [2.24, 2.45) is 5.41 Å². The zero-order valence-electron chi connectivity index (χ0n) is 18.7. The summed E-state index contributed by atoms with van der Waals surface area (Å²) in [4.78, 5) is 29.8. The molecule has 2 amide bonds. The molecule has 162 valence electrons. The van der Waals surface area contributed by atoms with Crippen molar-refractivity contribution in [3.05, 3.63) is 0 Å². The molecule has 6 nitrogen and oxygen atoms in total. The fraction of sp³-hybridized carbons (Fsp3) is 0.909. The predicted molar refractivity (Wildman–Crippen MR) is 112 cm³/mol. The van der Waals surface area contributed by atoms with E-state index in [0.29, 0.717) is 30.1 Å². The third kappa shape index (κ3) is 5.00. The summed E-state index contributed by atoms with van der Waals surface area (Å²) < 4.78 is 5.08. The summed E-state index contributed by atoms with van der Waals surface area (Å²) in [5, 5.41) is 0. The maximum atomic E-state index is 11.7. The predicted octanol–water partition coefficient (Wildman–Crippen LogP) is 3.74. The Morgan fingerprint density at radius 1 is 1.21 bits per heavy atom. The van der Waals surface area contributed by atoms with Crippen LogP contribution in [-0.4, -0.2) is 78.1 Å². The molecule has 1 atom stereocenters. The smallest absolute Gasteiger partial charge is 0.409 e. The van der Waals surface area contributed by atoms with Gasteiger partial charge in [-0.3, -0.25) is 4.79 Å². The molecule has 1 saturated carbocycles. The molecule has 3 aliphatic rings. The largest absolute Gasteiger partial charge is 0.450 e. The molecular formula is C22H41N3O3. The Hall–Kier alpha value is -1.30. The first-order valence-electron chi connectivity index (χ1n) is 11.4. The highest BCUT2D eigenvalue weighted by atomic mass is 16.6. The molecule has 0 aromatic heterocycles. The Labute approximate surface area is 171 Å². The lowest BCUT2D eigenvalue weighted by atomic mass is 9.60. The van der Waals surface area contributed by atoms with Crippen molar-refractivity contribution in [1.82, 2.24) is 14.7 Å². The van der Waals surface area contributed by atoms with Crippen LogP contribution in [0.2, 0.25) is 0 Å². The fourth-order valence-electron chi connectivity index (χ4n) is 5.23. The number of likely N-dealkylation sites (tertiary alicyclic amines) is 2. The van der Waals surface area contributed by atoms with Gasteiger partial charge in [0, 0.05) is 49.7 Å². The van der Waals surface area contributed by atoms with E-state index in [4.69, 9.17) is 4.74 Å². The molecule has 0 aromatic carbocycles. The van der Waals surface area contributed by atoms with Gasteiger partial charge in [-0.05, 0) is 46.0 Å². The van der Waals surface area contributed by atoms with Gasteiger partial charge in [-0.1, -0.05) is 27.2 Å². The van der Waals surface area contributed by atoms with Gasteiger partial charge in [0.1, 0.15) is 0 Å². The molecule has 1 spiro atoms. The summed E-state index contributed by atoms with van der Waals surface area (Å²) in [6, 6.07) is 1.42. The minimum absolute atomic E-state index is 0.155. The van der Waals surface area contributed by atoms with Crippen molar-refractivity contribution < 1.29 is 14.3 Å². The van der Waals surface area contributed by atoms with Crippen molar-refractivity contribution in [2.45, 2.75) is 91.3 Å². The summed E-state index contributed by atoms with van der Waals surface area (Å²) in [7, 11) is 0. The van der Waals surface area contributed by atoms with Crippen LogP contribution in [0, 0.1) is 5.41 Å². The van der Waals surface area contributed by atoms with Crippen LogP contribution < -0.4 is 0 Å². The maximum absolute atomic E-state index is 11.7. The zero-order valence-corrected chi connectivity index (χ0v) is 18.7. The van der Waals surface area contributed by atoms with E-state index in [1.54, 1.807) is 0 Å². The molecular weight excluding hydrogens is 354 g/mol. The zero-order chi connectivity index (χ0) is 20.7. The molecule has 2 saturated heterocycles. The van der Waals surface area contributed by atoms with Gasteiger partial charge < -0.3 is 19.4 Å². The van der Waals surface area contributed by atoms with Crippen LogP contribution in [0.4, 0.5) is 4.79 Å². The molecule has 0 bridgehead atoms. The van der Waals surface area contributed by atoms with Crippen molar-refractivity contribution in [2.75, 3.05) is 32.8 Å². The average molecular weight is 396 g/mol. The first kappa shape index (κ1) is 23.0. The minimum Gasteiger partial charge on any atom is -0.450 e. The lowest BCUT2D eigenvalue weighted by Gasteiger charge is -2.61. The highest BCUT2D eigenvalue weighted by molar-refractivity contribution is 5.69. The van der Waals surface area contributed by atoms with Gasteiger partial charge in [-0.2, -0.15) is 0 Å². The molecule has 6 heteroatoms. The number of carbonyl (C=O) groups is 2. The van der Waals surface area contributed by atoms with E-state index in [9.17, 15) is 9.59 Å². The Kier molecular flexibility index (Phi) is 8.59. The third-order valence-electron chi connectivity index (χ3n) is 6.69. The second-order valence-electron chi connectivity index (χ2n) is 8.57. The van der Waals surface area contributed by atoms with Crippen LogP contribution in [-0.2, 0) is 9.53 Å². The van der Waals surface area contributed by atoms with Crippen LogP contribution >= 0.6 is 0 Å². The summed E-state index contributed by atoms with van der Waals surface area (Å²) >= 11 is 0. The van der Waals surface area contributed by atoms with E-state index in [1.165, 1.54) is 12.8 Å². The maximum Gasteiger partial charge on any atom is 0.409 e. The lowest BCUT2D eigenvalue weighted by Crippen LogP contribution is -2.68. The first-order valence-corrected chi connectivity index (χ1v) is 11.4. The Balaban J connectivity index is 0.00000136. The van der Waals surface area contributed by atoms with Crippen molar-refractivity contribution in [1.29, 1.82) is 0 Å². The number of rotatable bonds is 7. The summed E-state index contributed by atoms with van der Waals surface area (Å²) in [5.41, 5.74) is 0.360. The SMILES string of the molecule is CC.CCCC(C)N(C=O)C1CCN(C2CC3(C2)CN(C(=O)OCC)C3)CC1. The van der Waals surface area contributed by atoms with Gasteiger partial charge >= 0.3 is 6.09 Å². The topological polar surface area (TPSA) is 53.1 Å². The molecule has 1 aliphatic carbocycles. The number of carbonyl (C=O) groups excluding carboxylic acids is 2. The molecule has 3 rings (SSSR count). The number of piperidine rings is 1. The molecule has 2 aliphatic heterocycles. The van der Waals surface area contributed by atoms with Crippen molar-refractivity contribution >= 4 is 12.5 Å². The standard InChI is InChI=1S/C20H35N3O3.C2H6/c1-4-6-16(3)23(15-24)17-7-9-21(10-8-17)18-11-20(12-18)13-22(14-20)19(25)26-5-2;1-2/h15-18H,4-14H2,1-3H3;1-2H3. The van der Waals surface area contributed by atoms with Gasteiger partial charge in [0.15, 0.2) is 0 Å². The van der Waals surface area contributed by atoms with Crippen molar-refractivity contribution in [3.8, 4) is 0 Å². The molecule has 3 fully saturated rings. The van der Waals surface area contributed by atoms with Crippen molar-refractivity contribution in [3.63, 3.8) is 0 Å². The fourth-order valence-corrected chi connectivity index (χ4v) is 5.23. The number of amides is 2. The van der Waals surface area contributed by atoms with E-state index < -0.39 is 0 Å². The van der Waals surface area contributed by atoms with Crippen LogP contribution in [0.1, 0.15) is 73.1 Å². The van der Waals surface area contributed by atoms with Crippen LogP contribution in [0.15, 0.2) is 0 Å². The van der Waals surface area contributed by atoms with Crippen LogP contribution in [0.5, 0.6) is 0 Å². The first-order chi connectivity index (χ1) is 13.5. The molecule has 2 heterocycles. The van der Waals surface area contributed by atoms with Gasteiger partial charge in [0.05, 0.1) is 6.61 Å². The van der Waals surface area contributed by atoms with E-state index in [2.05, 4.69) is 23.6 Å². The third-order valence-corrected chi connectivity index (χ3v) is 6.69. The quantitative estimate of drug-likeness (QED) is 0.616. The molecule has 0 N–H and O–H groups in total. The Morgan fingerprint density at radius 3 is 2.32 bits per heavy atom. The van der Waals surface area contributed by atoms with Crippen LogP contribution in [0.3, 0.4) is 0 Å². The van der Waals surface area contributed by atoms with Gasteiger partial charge in [-0.25, -0.2) is 4.79 Å². The molecule has 0 radical (unpaired) electrons. The molecule has 28 heavy (non-hydrogen) atoms. The number of ether oxygens (including phenoxy) is 1. The number of hydrogen-bond acceptors (Lipinski definition) is 4. The highest BCUT2D eigenvalue weighted by Gasteiger charge is 2.55. The lowest BCUT2D eigenvalue weighted by molar-refractivity contribution is -0.126. The average Bonchev–Trinajstić information content (AvgIpc) is 2.63. The van der Waals surface area contributed by atoms with E-state index in [-0.39, 0.29) is 6.09 Å². The second kappa shape index (κ2) is 10.5. The number of nitrogens with zero attached hydrogens (tertiary/aromatic N) is 3. The van der Waals surface area contributed by atoms with Crippen LogP contribution in [0.25, 0.3) is 0 Å². The van der Waals surface area contributed by atoms with Gasteiger partial charge in [-0.15, -0.1) is 0 Å².